The van der Waals surface area contributed by atoms with Gasteiger partial charge in [-0.25, -0.2) is 18.2 Å². The minimum absolute atomic E-state index is 0.182. The lowest BCUT2D eigenvalue weighted by atomic mass is 10.0. The highest BCUT2D eigenvalue weighted by Crippen LogP contribution is 2.32. The molecule has 0 bridgehead atoms. The number of carbonyl (C=O) groups excluding carboxylic acids is 1. The van der Waals surface area contributed by atoms with Gasteiger partial charge >= 0.3 is 0 Å². The van der Waals surface area contributed by atoms with E-state index in [9.17, 15) is 23.1 Å². The number of aliphatic hydroxyl groups is 1. The van der Waals surface area contributed by atoms with Crippen molar-refractivity contribution in [3.8, 4) is 22.4 Å². The molecule has 0 spiro atoms. The third-order valence-electron chi connectivity index (χ3n) is 4.07. The van der Waals surface area contributed by atoms with Crippen molar-refractivity contribution < 1.29 is 23.1 Å². The number of halogens is 3. The van der Waals surface area contributed by atoms with Crippen LogP contribution in [0.5, 0.6) is 0 Å². The molecule has 1 amide bonds. The van der Waals surface area contributed by atoms with Crippen LogP contribution in [0.2, 0.25) is 0 Å². The summed E-state index contributed by atoms with van der Waals surface area (Å²) in [6.45, 7) is 2.09. The van der Waals surface area contributed by atoms with E-state index in [1.165, 1.54) is 50.5 Å². The summed E-state index contributed by atoms with van der Waals surface area (Å²) in [6, 6.07) is 8.70. The van der Waals surface area contributed by atoms with E-state index < -0.39 is 30.3 Å². The topological polar surface area (TPSA) is 80.0 Å². The number of rotatable bonds is 6. The van der Waals surface area contributed by atoms with Gasteiger partial charge < -0.3 is 10.4 Å². The van der Waals surface area contributed by atoms with E-state index in [2.05, 4.69) is 15.4 Å². The number of hydrogen-bond donors (Lipinski definition) is 2. The van der Waals surface area contributed by atoms with E-state index in [0.29, 0.717) is 22.4 Å². The van der Waals surface area contributed by atoms with Crippen molar-refractivity contribution in [2.75, 3.05) is 5.32 Å². The Kier molecular flexibility index (Phi) is 5.69. The second kappa shape index (κ2) is 8.04. The SMILES string of the molecule is CC(C)(O)C(=O)Nc1cc(-c2cn(CC(F)F)nc2-c2ccc(F)cc2)ccn1. The molecule has 1 aromatic carbocycles. The zero-order chi connectivity index (χ0) is 21.2. The first kappa shape index (κ1) is 20.5. The maximum atomic E-state index is 13.3. The van der Waals surface area contributed by atoms with E-state index in [4.69, 9.17) is 0 Å². The summed E-state index contributed by atoms with van der Waals surface area (Å²) >= 11 is 0. The second-order valence-corrected chi connectivity index (χ2v) is 6.95. The van der Waals surface area contributed by atoms with Crippen molar-refractivity contribution >= 4 is 11.7 Å². The molecular weight excluding hydrogens is 385 g/mol. The molecule has 29 heavy (non-hydrogen) atoms. The third-order valence-corrected chi connectivity index (χ3v) is 4.07. The molecule has 0 radical (unpaired) electrons. The zero-order valence-corrected chi connectivity index (χ0v) is 15.7. The molecule has 0 unspecified atom stereocenters. The molecule has 0 aliphatic carbocycles. The molecular formula is C20H19F3N4O2. The normalized spacial score (nSPS) is 11.7. The van der Waals surface area contributed by atoms with Crippen molar-refractivity contribution in [3.63, 3.8) is 0 Å². The molecule has 0 saturated carbocycles. The van der Waals surface area contributed by atoms with Crippen LogP contribution in [0.15, 0.2) is 48.8 Å². The van der Waals surface area contributed by atoms with Gasteiger partial charge in [0.15, 0.2) is 0 Å². The van der Waals surface area contributed by atoms with Crippen LogP contribution in [-0.4, -0.2) is 37.8 Å². The van der Waals surface area contributed by atoms with Crippen LogP contribution in [0, 0.1) is 5.82 Å². The molecule has 9 heteroatoms. The minimum Gasteiger partial charge on any atom is -0.381 e. The van der Waals surface area contributed by atoms with Gasteiger partial charge in [0, 0.05) is 23.5 Å². The summed E-state index contributed by atoms with van der Waals surface area (Å²) < 4.78 is 40.1. The molecule has 152 valence electrons. The van der Waals surface area contributed by atoms with Crippen LogP contribution in [0.4, 0.5) is 19.0 Å². The molecule has 2 aromatic heterocycles. The number of anilines is 1. The van der Waals surface area contributed by atoms with Gasteiger partial charge in [-0.2, -0.15) is 5.10 Å². The number of nitrogens with zero attached hydrogens (tertiary/aromatic N) is 3. The van der Waals surface area contributed by atoms with E-state index in [0.717, 1.165) is 4.68 Å². The Balaban J connectivity index is 2.03. The Hall–Kier alpha value is -3.20. The van der Waals surface area contributed by atoms with Crippen molar-refractivity contribution in [1.29, 1.82) is 0 Å². The fourth-order valence-corrected chi connectivity index (χ4v) is 2.62. The van der Waals surface area contributed by atoms with Gasteiger partial charge in [-0.05, 0) is 55.8 Å². The third kappa shape index (κ3) is 5.00. The van der Waals surface area contributed by atoms with Crippen molar-refractivity contribution in [3.05, 3.63) is 54.6 Å². The molecule has 3 aromatic rings. The predicted octanol–water partition coefficient (Wildman–Crippen LogP) is 3.73. The maximum Gasteiger partial charge on any atom is 0.257 e. The summed E-state index contributed by atoms with van der Waals surface area (Å²) in [6.07, 6.45) is 0.304. The molecule has 3 rings (SSSR count). The highest BCUT2D eigenvalue weighted by molar-refractivity contribution is 5.96. The Bertz CT molecular complexity index is 1010. The van der Waals surface area contributed by atoms with E-state index in [-0.39, 0.29) is 5.82 Å². The Morgan fingerprint density at radius 3 is 2.52 bits per heavy atom. The first-order chi connectivity index (χ1) is 13.6. The van der Waals surface area contributed by atoms with Crippen molar-refractivity contribution in [2.45, 2.75) is 32.4 Å². The van der Waals surface area contributed by atoms with Crippen LogP contribution >= 0.6 is 0 Å². The van der Waals surface area contributed by atoms with Gasteiger partial charge in [0.2, 0.25) is 0 Å². The lowest BCUT2D eigenvalue weighted by Crippen LogP contribution is -2.36. The van der Waals surface area contributed by atoms with Crippen molar-refractivity contribution in [1.82, 2.24) is 14.8 Å². The summed E-state index contributed by atoms with van der Waals surface area (Å²) in [5, 5.41) is 16.5. The fraction of sp³-hybridized carbons (Fsp3) is 0.250. The van der Waals surface area contributed by atoms with Gasteiger partial charge in [0.05, 0.1) is 0 Å². The number of pyridine rings is 1. The largest absolute Gasteiger partial charge is 0.381 e. The highest BCUT2D eigenvalue weighted by Gasteiger charge is 2.24. The van der Waals surface area contributed by atoms with Gasteiger partial charge in [-0.15, -0.1) is 0 Å². The molecule has 0 saturated heterocycles. The number of alkyl halides is 2. The van der Waals surface area contributed by atoms with Gasteiger partial charge in [-0.3, -0.25) is 9.48 Å². The molecule has 0 aliphatic rings. The van der Waals surface area contributed by atoms with Crippen LogP contribution in [0.3, 0.4) is 0 Å². The summed E-state index contributed by atoms with van der Waals surface area (Å²) in [5.74, 6) is -0.890. The lowest BCUT2D eigenvalue weighted by molar-refractivity contribution is -0.130. The van der Waals surface area contributed by atoms with E-state index in [1.54, 1.807) is 12.1 Å². The molecule has 0 atom stereocenters. The summed E-state index contributed by atoms with van der Waals surface area (Å²) in [5.41, 5.74) is 0.410. The van der Waals surface area contributed by atoms with E-state index in [1.807, 2.05) is 0 Å². The van der Waals surface area contributed by atoms with Crippen molar-refractivity contribution in [2.24, 2.45) is 0 Å². The first-order valence-corrected chi connectivity index (χ1v) is 8.75. The number of carbonyl (C=O) groups is 1. The Morgan fingerprint density at radius 1 is 1.21 bits per heavy atom. The number of hydrogen-bond acceptors (Lipinski definition) is 4. The predicted molar refractivity (Wildman–Crippen MR) is 102 cm³/mol. The number of nitrogens with one attached hydrogen (secondary N) is 1. The minimum atomic E-state index is -2.59. The summed E-state index contributed by atoms with van der Waals surface area (Å²) in [4.78, 5) is 16.0. The average molecular weight is 404 g/mol. The van der Waals surface area contributed by atoms with Gasteiger partial charge in [-0.1, -0.05) is 0 Å². The van der Waals surface area contributed by atoms with E-state index >= 15 is 0 Å². The monoisotopic (exact) mass is 404 g/mol. The van der Waals surface area contributed by atoms with Gasteiger partial charge in [0.25, 0.3) is 12.3 Å². The molecule has 0 fully saturated rings. The molecule has 6 nitrogen and oxygen atoms in total. The van der Waals surface area contributed by atoms with Gasteiger partial charge in [0.1, 0.15) is 29.5 Å². The average Bonchev–Trinajstić information content (AvgIpc) is 3.05. The standard InChI is InChI=1S/C20H19F3N4O2/c1-20(2,29)19(28)25-17-9-13(7-8-24-17)15-10-27(11-16(22)23)26-18(15)12-3-5-14(21)6-4-12/h3-10,16,29H,11H2,1-2H3,(H,24,25,28). The maximum absolute atomic E-state index is 13.3. The number of benzene rings is 1. The smallest absolute Gasteiger partial charge is 0.257 e. The fourth-order valence-electron chi connectivity index (χ4n) is 2.62. The lowest BCUT2D eigenvalue weighted by Gasteiger charge is -2.16. The van der Waals surface area contributed by atoms with Crippen LogP contribution in [-0.2, 0) is 11.3 Å². The molecule has 2 N–H and O–H groups in total. The first-order valence-electron chi connectivity index (χ1n) is 8.75. The highest BCUT2D eigenvalue weighted by atomic mass is 19.3. The zero-order valence-electron chi connectivity index (χ0n) is 15.7. The number of amides is 1. The number of aromatic nitrogens is 3. The molecule has 0 aliphatic heterocycles. The quantitative estimate of drug-likeness (QED) is 0.656. The molecule has 2 heterocycles. The van der Waals surface area contributed by atoms with Crippen LogP contribution in [0.25, 0.3) is 22.4 Å². The second-order valence-electron chi connectivity index (χ2n) is 6.95. The van der Waals surface area contributed by atoms with Crippen LogP contribution < -0.4 is 5.32 Å². The Morgan fingerprint density at radius 2 is 1.90 bits per heavy atom. The Labute approximate surface area is 165 Å². The summed E-state index contributed by atoms with van der Waals surface area (Å²) in [7, 11) is 0. The van der Waals surface area contributed by atoms with Crippen LogP contribution in [0.1, 0.15) is 13.8 Å².